The monoisotopic (exact) mass is 367 g/mol. The van der Waals surface area contributed by atoms with Crippen LogP contribution in [0.2, 0.25) is 0 Å². The Bertz CT molecular complexity index is 745. The molecule has 1 aliphatic heterocycles. The third-order valence-electron chi connectivity index (χ3n) is 4.40. The van der Waals surface area contributed by atoms with Gasteiger partial charge in [0.2, 0.25) is 6.29 Å². The van der Waals surface area contributed by atoms with Crippen LogP contribution < -0.4 is 5.32 Å². The summed E-state index contributed by atoms with van der Waals surface area (Å²) >= 11 is 0. The number of carbonyl (C=O) groups is 1. The molecule has 0 unspecified atom stereocenters. The van der Waals surface area contributed by atoms with Crippen molar-refractivity contribution < 1.29 is 19.4 Å². The molecule has 1 heterocycles. The van der Waals surface area contributed by atoms with Gasteiger partial charge in [-0.25, -0.2) is 0 Å². The Morgan fingerprint density at radius 2 is 1.78 bits per heavy atom. The second-order valence-electron chi connectivity index (χ2n) is 6.45. The van der Waals surface area contributed by atoms with Crippen molar-refractivity contribution in [2.75, 3.05) is 18.5 Å². The summed E-state index contributed by atoms with van der Waals surface area (Å²) in [5, 5.41) is 11.8. The smallest absolute Gasteiger partial charge is 0.290 e. The van der Waals surface area contributed by atoms with Gasteiger partial charge in [0.1, 0.15) is 0 Å². The van der Waals surface area contributed by atoms with E-state index in [1.807, 2.05) is 66.7 Å². The highest BCUT2D eigenvalue weighted by atomic mass is 16.7. The lowest BCUT2D eigenvalue weighted by atomic mass is 9.93. The van der Waals surface area contributed by atoms with Crippen molar-refractivity contribution in [1.29, 1.82) is 0 Å². The number of hydrogen-bond acceptors (Lipinski definition) is 4. The second-order valence-corrected chi connectivity index (χ2v) is 6.45. The van der Waals surface area contributed by atoms with E-state index < -0.39 is 6.29 Å². The average molecular weight is 367 g/mol. The molecule has 142 valence electrons. The Balaban J connectivity index is 1.72. The van der Waals surface area contributed by atoms with Crippen LogP contribution in [0.15, 0.2) is 72.5 Å². The maximum absolute atomic E-state index is 12.7. The quantitative estimate of drug-likeness (QED) is 0.696. The summed E-state index contributed by atoms with van der Waals surface area (Å²) in [5.74, 6) is 0.0243. The zero-order valence-electron chi connectivity index (χ0n) is 15.2. The van der Waals surface area contributed by atoms with Crippen molar-refractivity contribution in [1.82, 2.24) is 0 Å². The molecule has 3 rings (SSSR count). The van der Waals surface area contributed by atoms with E-state index >= 15 is 0 Å². The predicted molar refractivity (Wildman–Crippen MR) is 104 cm³/mol. The Labute approximate surface area is 159 Å². The highest BCUT2D eigenvalue weighted by molar-refractivity contribution is 6.02. The molecule has 2 atom stereocenters. The van der Waals surface area contributed by atoms with Gasteiger partial charge in [-0.05, 0) is 36.6 Å². The number of benzene rings is 2. The van der Waals surface area contributed by atoms with Gasteiger partial charge in [-0.2, -0.15) is 0 Å². The summed E-state index contributed by atoms with van der Waals surface area (Å²) in [6.45, 7) is 0.631. The van der Waals surface area contributed by atoms with E-state index in [1.54, 1.807) is 0 Å². The van der Waals surface area contributed by atoms with E-state index in [4.69, 9.17) is 14.6 Å². The number of hydrogen-bond donors (Lipinski definition) is 2. The number of para-hydroxylation sites is 1. The predicted octanol–water partition coefficient (Wildman–Crippen LogP) is 3.83. The highest BCUT2D eigenvalue weighted by Gasteiger charge is 2.28. The number of carbonyl (C=O) groups excluding carboxylic acids is 1. The van der Waals surface area contributed by atoms with Gasteiger partial charge in [-0.3, -0.25) is 4.79 Å². The molecule has 2 N–H and O–H groups in total. The first-order valence-electron chi connectivity index (χ1n) is 9.28. The van der Waals surface area contributed by atoms with Crippen LogP contribution in [0.3, 0.4) is 0 Å². The van der Waals surface area contributed by atoms with Crippen LogP contribution in [0.4, 0.5) is 5.69 Å². The number of amides is 1. The summed E-state index contributed by atoms with van der Waals surface area (Å²) in [6, 6.07) is 19.3. The lowest BCUT2D eigenvalue weighted by Gasteiger charge is -2.29. The van der Waals surface area contributed by atoms with Gasteiger partial charge < -0.3 is 19.9 Å². The Morgan fingerprint density at radius 3 is 2.48 bits per heavy atom. The van der Waals surface area contributed by atoms with Gasteiger partial charge in [0, 0.05) is 24.6 Å². The maximum atomic E-state index is 12.7. The number of anilines is 1. The van der Waals surface area contributed by atoms with Crippen LogP contribution in [-0.4, -0.2) is 30.5 Å². The van der Waals surface area contributed by atoms with E-state index in [9.17, 15) is 4.79 Å². The number of aliphatic hydroxyl groups is 1. The molecular weight excluding hydrogens is 342 g/mol. The first-order valence-corrected chi connectivity index (χ1v) is 9.28. The molecule has 0 spiro atoms. The SMILES string of the molecule is O=C(Nc1ccccc1)C1=C[C@@H](c2ccccc2)C[C@@H](OCCCCO)O1. The molecule has 0 saturated carbocycles. The molecule has 0 aliphatic carbocycles. The van der Waals surface area contributed by atoms with E-state index in [2.05, 4.69) is 5.32 Å². The summed E-state index contributed by atoms with van der Waals surface area (Å²) in [5.41, 5.74) is 1.84. The highest BCUT2D eigenvalue weighted by Crippen LogP contribution is 2.31. The Kier molecular flexibility index (Phi) is 7.02. The van der Waals surface area contributed by atoms with Gasteiger partial charge in [-0.1, -0.05) is 48.5 Å². The first kappa shape index (κ1) is 19.1. The third kappa shape index (κ3) is 5.67. The minimum atomic E-state index is -0.490. The Morgan fingerprint density at radius 1 is 1.07 bits per heavy atom. The molecule has 0 fully saturated rings. The summed E-state index contributed by atoms with van der Waals surface area (Å²) in [6.07, 6.45) is 3.45. The standard InChI is InChI=1S/C22H25NO4/c24-13-7-8-14-26-21-16-18(17-9-3-1-4-10-17)15-20(27-21)22(25)23-19-11-5-2-6-12-19/h1-6,9-12,15,18,21,24H,7-8,13-14,16H2,(H,23,25)/t18-,21+/m1/s1. The number of ether oxygens (including phenoxy) is 2. The van der Waals surface area contributed by atoms with E-state index in [1.165, 1.54) is 0 Å². The molecular formula is C22H25NO4. The summed E-state index contributed by atoms with van der Waals surface area (Å²) in [7, 11) is 0. The average Bonchev–Trinajstić information content (AvgIpc) is 2.72. The van der Waals surface area contributed by atoms with Crippen molar-refractivity contribution in [3.63, 3.8) is 0 Å². The fourth-order valence-corrected chi connectivity index (χ4v) is 2.99. The molecule has 0 bridgehead atoms. The number of rotatable bonds is 8. The van der Waals surface area contributed by atoms with Crippen LogP contribution >= 0.6 is 0 Å². The molecule has 0 radical (unpaired) electrons. The number of unbranched alkanes of at least 4 members (excludes halogenated alkanes) is 1. The molecule has 1 aliphatic rings. The molecule has 1 amide bonds. The zero-order chi connectivity index (χ0) is 18.9. The van der Waals surface area contributed by atoms with Crippen molar-refractivity contribution in [3.05, 3.63) is 78.1 Å². The fraction of sp³-hybridized carbons (Fsp3) is 0.318. The molecule has 0 saturated heterocycles. The maximum Gasteiger partial charge on any atom is 0.290 e. The van der Waals surface area contributed by atoms with Gasteiger partial charge in [-0.15, -0.1) is 0 Å². The van der Waals surface area contributed by atoms with Gasteiger partial charge >= 0.3 is 0 Å². The van der Waals surface area contributed by atoms with Crippen LogP contribution in [-0.2, 0) is 14.3 Å². The van der Waals surface area contributed by atoms with E-state index in [0.29, 0.717) is 25.1 Å². The molecule has 5 nitrogen and oxygen atoms in total. The normalized spacial score (nSPS) is 19.1. The number of aliphatic hydroxyl groups excluding tert-OH is 1. The molecule has 27 heavy (non-hydrogen) atoms. The zero-order valence-corrected chi connectivity index (χ0v) is 15.2. The van der Waals surface area contributed by atoms with Gasteiger partial charge in [0.25, 0.3) is 5.91 Å². The molecule has 0 aromatic heterocycles. The number of allylic oxidation sites excluding steroid dienone is 1. The van der Waals surface area contributed by atoms with E-state index in [0.717, 1.165) is 12.0 Å². The van der Waals surface area contributed by atoms with Crippen LogP contribution in [0.25, 0.3) is 0 Å². The first-order chi connectivity index (χ1) is 13.3. The third-order valence-corrected chi connectivity index (χ3v) is 4.40. The van der Waals surface area contributed by atoms with Crippen molar-refractivity contribution in [2.45, 2.75) is 31.5 Å². The van der Waals surface area contributed by atoms with E-state index in [-0.39, 0.29) is 24.2 Å². The van der Waals surface area contributed by atoms with Crippen LogP contribution in [0.5, 0.6) is 0 Å². The molecule has 2 aromatic carbocycles. The largest absolute Gasteiger partial charge is 0.459 e. The summed E-state index contributed by atoms with van der Waals surface area (Å²) in [4.78, 5) is 12.7. The van der Waals surface area contributed by atoms with Crippen molar-refractivity contribution in [2.24, 2.45) is 0 Å². The molecule has 5 heteroatoms. The van der Waals surface area contributed by atoms with Crippen molar-refractivity contribution in [3.8, 4) is 0 Å². The van der Waals surface area contributed by atoms with Crippen LogP contribution in [0.1, 0.15) is 30.7 Å². The number of nitrogens with one attached hydrogen (secondary N) is 1. The second kappa shape index (κ2) is 9.90. The topological polar surface area (TPSA) is 67.8 Å². The summed E-state index contributed by atoms with van der Waals surface area (Å²) < 4.78 is 11.6. The van der Waals surface area contributed by atoms with Gasteiger partial charge in [0.15, 0.2) is 5.76 Å². The fourth-order valence-electron chi connectivity index (χ4n) is 2.99. The Hall–Kier alpha value is -2.63. The lowest BCUT2D eigenvalue weighted by molar-refractivity contribution is -0.143. The van der Waals surface area contributed by atoms with Gasteiger partial charge in [0.05, 0.1) is 6.61 Å². The minimum Gasteiger partial charge on any atom is -0.459 e. The van der Waals surface area contributed by atoms with Crippen molar-refractivity contribution >= 4 is 11.6 Å². The molecule has 2 aromatic rings. The minimum absolute atomic E-state index is 0.0410. The van der Waals surface area contributed by atoms with Crippen LogP contribution in [0, 0.1) is 0 Å². The lowest BCUT2D eigenvalue weighted by Crippen LogP contribution is -2.29.